The van der Waals surface area contributed by atoms with Crippen molar-refractivity contribution in [3.63, 3.8) is 0 Å². The van der Waals surface area contributed by atoms with Crippen molar-refractivity contribution in [2.75, 3.05) is 6.61 Å². The lowest BCUT2D eigenvalue weighted by molar-refractivity contribution is -0.319. The highest BCUT2D eigenvalue weighted by molar-refractivity contribution is 5.14. The van der Waals surface area contributed by atoms with Crippen molar-refractivity contribution < 1.29 is 19.3 Å². The Labute approximate surface area is 165 Å². The smallest absolute Gasteiger partial charge is 0.163 e. The van der Waals surface area contributed by atoms with Crippen LogP contribution in [0.4, 0.5) is 0 Å². The van der Waals surface area contributed by atoms with Crippen molar-refractivity contribution >= 4 is 0 Å². The minimum absolute atomic E-state index is 0.0780. The number of aliphatic hydroxyl groups is 1. The monoisotopic (exact) mass is 380 g/mol. The van der Waals surface area contributed by atoms with Gasteiger partial charge in [-0.3, -0.25) is 0 Å². The van der Waals surface area contributed by atoms with E-state index in [2.05, 4.69) is 34.6 Å². The Hall–Kier alpha value is -0.160. The van der Waals surface area contributed by atoms with E-state index in [0.717, 1.165) is 19.3 Å². The highest BCUT2D eigenvalue weighted by Crippen LogP contribution is 2.65. The van der Waals surface area contributed by atoms with Crippen molar-refractivity contribution in [1.29, 1.82) is 0 Å². The third kappa shape index (κ3) is 2.93. The van der Waals surface area contributed by atoms with Crippen LogP contribution >= 0.6 is 0 Å². The molecule has 0 aromatic heterocycles. The van der Waals surface area contributed by atoms with Gasteiger partial charge in [-0.15, -0.1) is 0 Å². The number of fused-ring (bicyclic) bond motifs is 3. The molecule has 0 aromatic rings. The number of hydrogen-bond donors (Lipinski definition) is 1. The van der Waals surface area contributed by atoms with Crippen LogP contribution < -0.4 is 0 Å². The molecule has 0 bridgehead atoms. The SMILES string of the molecule is CC1(C)OC[C@H]([C@@]2(C)CC[C@@H]3[C@@]4(C)CCCC(C)(C)[C@@H]4C[C@@H](O)[C@@]3(C)O2)O1. The van der Waals surface area contributed by atoms with Crippen LogP contribution in [-0.4, -0.2) is 40.9 Å². The lowest BCUT2D eigenvalue weighted by atomic mass is 9.43. The van der Waals surface area contributed by atoms with Crippen LogP contribution in [0, 0.1) is 22.7 Å². The summed E-state index contributed by atoms with van der Waals surface area (Å²) in [6.07, 6.45) is 6.21. The molecule has 4 rings (SSSR count). The van der Waals surface area contributed by atoms with Gasteiger partial charge in [-0.2, -0.15) is 0 Å². The van der Waals surface area contributed by atoms with Gasteiger partial charge in [-0.1, -0.05) is 27.2 Å². The molecule has 0 amide bonds. The molecule has 2 aliphatic carbocycles. The summed E-state index contributed by atoms with van der Waals surface area (Å²) in [5.41, 5.74) is -0.388. The standard InChI is InChI=1S/C23H40O4/c1-19(2)10-8-11-21(5)15-9-12-22(6,18-14-25-20(3,4)26-18)27-23(15,7)17(24)13-16(19)21/h15-18,24H,8-14H2,1-7H3/t15-,16+,17-,18-,21-,22-,23+/m1/s1. The lowest BCUT2D eigenvalue weighted by Crippen LogP contribution is -2.69. The van der Waals surface area contributed by atoms with Crippen LogP contribution in [0.5, 0.6) is 0 Å². The second-order valence-corrected chi connectivity index (χ2v) is 11.7. The predicted octanol–water partition coefficient (Wildman–Crippen LogP) is 4.68. The Bertz CT molecular complexity index is 601. The molecule has 2 heterocycles. The fourth-order valence-electron chi connectivity index (χ4n) is 7.47. The highest BCUT2D eigenvalue weighted by Gasteiger charge is 2.66. The van der Waals surface area contributed by atoms with Gasteiger partial charge in [0.25, 0.3) is 0 Å². The maximum Gasteiger partial charge on any atom is 0.163 e. The molecular formula is C23H40O4. The van der Waals surface area contributed by atoms with E-state index in [0.29, 0.717) is 23.9 Å². The van der Waals surface area contributed by atoms with Crippen molar-refractivity contribution in [3.05, 3.63) is 0 Å². The summed E-state index contributed by atoms with van der Waals surface area (Å²) in [7, 11) is 0. The summed E-state index contributed by atoms with van der Waals surface area (Å²) < 4.78 is 18.9. The van der Waals surface area contributed by atoms with Crippen molar-refractivity contribution in [1.82, 2.24) is 0 Å². The summed E-state index contributed by atoms with van der Waals surface area (Å²) >= 11 is 0. The Kier molecular flexibility index (Phi) is 4.42. The normalized spacial score (nSPS) is 54.2. The molecule has 2 saturated heterocycles. The molecule has 0 unspecified atom stereocenters. The number of rotatable bonds is 1. The number of ether oxygens (including phenoxy) is 3. The van der Waals surface area contributed by atoms with Gasteiger partial charge in [0.2, 0.25) is 0 Å². The van der Waals surface area contributed by atoms with Crippen LogP contribution in [0.2, 0.25) is 0 Å². The Balaban J connectivity index is 1.64. The van der Waals surface area contributed by atoms with E-state index in [1.807, 2.05) is 13.8 Å². The van der Waals surface area contributed by atoms with Crippen molar-refractivity contribution in [2.24, 2.45) is 22.7 Å². The van der Waals surface area contributed by atoms with E-state index < -0.39 is 23.1 Å². The van der Waals surface area contributed by atoms with Crippen LogP contribution in [0.1, 0.15) is 87.0 Å². The maximum absolute atomic E-state index is 11.3. The first-order valence-electron chi connectivity index (χ1n) is 11.0. The summed E-state index contributed by atoms with van der Waals surface area (Å²) in [6.45, 7) is 16.1. The second-order valence-electron chi connectivity index (χ2n) is 11.7. The van der Waals surface area contributed by atoms with Gasteiger partial charge < -0.3 is 19.3 Å². The molecule has 27 heavy (non-hydrogen) atoms. The van der Waals surface area contributed by atoms with Gasteiger partial charge in [0, 0.05) is 0 Å². The molecule has 1 N–H and O–H groups in total. The molecule has 156 valence electrons. The highest BCUT2D eigenvalue weighted by atomic mass is 16.8. The molecule has 4 aliphatic rings. The zero-order valence-electron chi connectivity index (χ0n) is 18.4. The van der Waals surface area contributed by atoms with Crippen LogP contribution in [0.3, 0.4) is 0 Å². The largest absolute Gasteiger partial charge is 0.390 e. The minimum atomic E-state index is -0.551. The molecule has 2 saturated carbocycles. The Morgan fingerprint density at radius 2 is 1.59 bits per heavy atom. The molecule has 4 heteroatoms. The van der Waals surface area contributed by atoms with Gasteiger partial charge >= 0.3 is 0 Å². The predicted molar refractivity (Wildman–Crippen MR) is 105 cm³/mol. The molecule has 0 aromatic carbocycles. The van der Waals surface area contributed by atoms with Crippen LogP contribution in [0.15, 0.2) is 0 Å². The van der Waals surface area contributed by atoms with Crippen LogP contribution in [0.25, 0.3) is 0 Å². The Morgan fingerprint density at radius 1 is 0.889 bits per heavy atom. The maximum atomic E-state index is 11.3. The number of hydrogen-bond acceptors (Lipinski definition) is 4. The first-order chi connectivity index (χ1) is 12.3. The van der Waals surface area contributed by atoms with E-state index in [4.69, 9.17) is 14.2 Å². The van der Waals surface area contributed by atoms with Crippen LogP contribution in [-0.2, 0) is 14.2 Å². The zero-order chi connectivity index (χ0) is 19.9. The topological polar surface area (TPSA) is 47.9 Å². The molecule has 4 fully saturated rings. The first-order valence-corrected chi connectivity index (χ1v) is 11.0. The minimum Gasteiger partial charge on any atom is -0.390 e. The van der Waals surface area contributed by atoms with E-state index in [1.165, 1.54) is 19.3 Å². The number of aliphatic hydroxyl groups excluding tert-OH is 1. The quantitative estimate of drug-likeness (QED) is 0.717. The summed E-state index contributed by atoms with van der Waals surface area (Å²) in [4.78, 5) is 0. The van der Waals surface area contributed by atoms with Gasteiger partial charge in [0.05, 0.1) is 23.9 Å². The third-order valence-corrected chi connectivity index (χ3v) is 8.96. The van der Waals surface area contributed by atoms with Gasteiger partial charge in [-0.25, -0.2) is 0 Å². The van der Waals surface area contributed by atoms with E-state index >= 15 is 0 Å². The van der Waals surface area contributed by atoms with E-state index in [9.17, 15) is 5.11 Å². The first kappa shape index (κ1) is 20.1. The van der Waals surface area contributed by atoms with Crippen molar-refractivity contribution in [3.8, 4) is 0 Å². The molecule has 2 aliphatic heterocycles. The molecule has 0 spiro atoms. The fraction of sp³-hybridized carbons (Fsp3) is 1.00. The van der Waals surface area contributed by atoms with E-state index in [1.54, 1.807) is 0 Å². The summed E-state index contributed by atoms with van der Waals surface area (Å²) in [6, 6.07) is 0. The Morgan fingerprint density at radius 3 is 2.22 bits per heavy atom. The van der Waals surface area contributed by atoms with E-state index in [-0.39, 0.29) is 11.5 Å². The summed E-state index contributed by atoms with van der Waals surface area (Å²) in [5.74, 6) is 0.399. The summed E-state index contributed by atoms with van der Waals surface area (Å²) in [5, 5.41) is 11.3. The van der Waals surface area contributed by atoms with Gasteiger partial charge in [0.1, 0.15) is 6.10 Å². The average Bonchev–Trinajstić information content (AvgIpc) is 2.90. The average molecular weight is 381 g/mol. The molecule has 4 nitrogen and oxygen atoms in total. The molecular weight excluding hydrogens is 340 g/mol. The van der Waals surface area contributed by atoms with Gasteiger partial charge in [-0.05, 0) is 82.5 Å². The van der Waals surface area contributed by atoms with Crippen molar-refractivity contribution in [2.45, 2.75) is 116 Å². The fourth-order valence-corrected chi connectivity index (χ4v) is 7.47. The second kappa shape index (κ2) is 5.93. The zero-order valence-corrected chi connectivity index (χ0v) is 18.4. The van der Waals surface area contributed by atoms with Gasteiger partial charge in [0.15, 0.2) is 5.79 Å². The molecule has 0 radical (unpaired) electrons. The third-order valence-electron chi connectivity index (χ3n) is 8.96. The lowest BCUT2D eigenvalue weighted by Gasteiger charge is -2.67. The molecule has 7 atom stereocenters.